The number of nitrogens with zero attached hydrogens (tertiary/aromatic N) is 2. The van der Waals surface area contributed by atoms with Gasteiger partial charge in [-0.2, -0.15) is 0 Å². The largest absolute Gasteiger partial charge is 0.353 e. The van der Waals surface area contributed by atoms with E-state index in [-0.39, 0.29) is 18.4 Å². The highest BCUT2D eigenvalue weighted by atomic mass is 32.1. The van der Waals surface area contributed by atoms with Gasteiger partial charge in [-0.15, -0.1) is 11.3 Å². The first-order chi connectivity index (χ1) is 13.1. The van der Waals surface area contributed by atoms with Crippen LogP contribution in [0, 0.1) is 6.92 Å². The van der Waals surface area contributed by atoms with E-state index in [1.807, 2.05) is 49.6 Å². The Bertz CT molecular complexity index is 879. The average molecular weight is 381 g/mol. The second kappa shape index (κ2) is 9.28. The van der Waals surface area contributed by atoms with Crippen LogP contribution in [0.4, 0.5) is 10.9 Å². The number of carbonyl (C=O) groups is 1. The van der Waals surface area contributed by atoms with Gasteiger partial charge in [0.1, 0.15) is 5.82 Å². The minimum Gasteiger partial charge on any atom is -0.353 e. The molecule has 0 aliphatic heterocycles. The number of carbonyl (C=O) groups excluding carboxylic acids is 1. The number of anilines is 2. The van der Waals surface area contributed by atoms with Crippen LogP contribution in [-0.4, -0.2) is 21.9 Å². The third-order valence-corrected chi connectivity index (χ3v) is 4.97. The monoisotopic (exact) mass is 380 g/mol. The van der Waals surface area contributed by atoms with Crippen LogP contribution < -0.4 is 10.6 Å². The molecule has 3 aromatic rings. The van der Waals surface area contributed by atoms with E-state index in [9.17, 15) is 4.79 Å². The molecule has 6 heteroatoms. The van der Waals surface area contributed by atoms with Crippen molar-refractivity contribution in [2.24, 2.45) is 0 Å². The van der Waals surface area contributed by atoms with Crippen molar-refractivity contribution in [2.75, 3.05) is 5.32 Å². The number of pyridine rings is 1. The predicted octanol–water partition coefficient (Wildman–Crippen LogP) is 4.27. The Labute approximate surface area is 163 Å². The maximum Gasteiger partial charge on any atom is 0.226 e. The van der Waals surface area contributed by atoms with E-state index in [0.717, 1.165) is 35.0 Å². The van der Waals surface area contributed by atoms with E-state index in [2.05, 4.69) is 32.7 Å². The van der Waals surface area contributed by atoms with Crippen LogP contribution in [0.5, 0.6) is 0 Å². The zero-order valence-corrected chi connectivity index (χ0v) is 16.4. The van der Waals surface area contributed by atoms with Gasteiger partial charge in [-0.1, -0.05) is 30.3 Å². The van der Waals surface area contributed by atoms with E-state index in [0.29, 0.717) is 0 Å². The molecule has 0 bridgehead atoms. The summed E-state index contributed by atoms with van der Waals surface area (Å²) in [4.78, 5) is 21.0. The zero-order chi connectivity index (χ0) is 19.1. The molecule has 0 saturated heterocycles. The molecule has 5 nitrogen and oxygen atoms in total. The van der Waals surface area contributed by atoms with Crippen molar-refractivity contribution >= 4 is 28.2 Å². The Balaban J connectivity index is 1.46. The second-order valence-corrected chi connectivity index (χ2v) is 7.52. The normalized spacial score (nSPS) is 11.8. The average Bonchev–Trinajstić information content (AvgIpc) is 3.07. The van der Waals surface area contributed by atoms with Crippen molar-refractivity contribution in [2.45, 2.75) is 39.2 Å². The molecule has 1 unspecified atom stereocenters. The van der Waals surface area contributed by atoms with Crippen LogP contribution in [0.25, 0.3) is 0 Å². The Morgan fingerprint density at radius 2 is 2.04 bits per heavy atom. The van der Waals surface area contributed by atoms with E-state index in [1.54, 1.807) is 6.20 Å². The van der Waals surface area contributed by atoms with Gasteiger partial charge < -0.3 is 10.6 Å². The molecule has 1 atom stereocenters. The minimum atomic E-state index is 0.00101. The van der Waals surface area contributed by atoms with Crippen molar-refractivity contribution in [3.63, 3.8) is 0 Å². The van der Waals surface area contributed by atoms with Crippen LogP contribution in [-0.2, 0) is 17.6 Å². The van der Waals surface area contributed by atoms with E-state index < -0.39 is 0 Å². The van der Waals surface area contributed by atoms with Gasteiger partial charge in [-0.3, -0.25) is 4.79 Å². The maximum atomic E-state index is 12.3. The first kappa shape index (κ1) is 19.0. The molecule has 1 amide bonds. The highest BCUT2D eigenvalue weighted by Gasteiger charge is 2.11. The Morgan fingerprint density at radius 3 is 2.81 bits per heavy atom. The number of rotatable bonds is 8. The van der Waals surface area contributed by atoms with Crippen LogP contribution in [0.3, 0.4) is 0 Å². The molecule has 27 heavy (non-hydrogen) atoms. The SMILES string of the molecule is Cc1ccnc(Nc2nc(CC(=O)NC(C)CCc3ccccc3)cs2)c1. The highest BCUT2D eigenvalue weighted by molar-refractivity contribution is 7.13. The molecule has 0 aliphatic carbocycles. The molecular formula is C21H24N4OS. The number of benzene rings is 1. The van der Waals surface area contributed by atoms with Crippen LogP contribution in [0.15, 0.2) is 54.0 Å². The van der Waals surface area contributed by atoms with Crippen LogP contribution in [0.2, 0.25) is 0 Å². The highest BCUT2D eigenvalue weighted by Crippen LogP contribution is 2.20. The Hall–Kier alpha value is -2.73. The van der Waals surface area contributed by atoms with Gasteiger partial charge in [0.2, 0.25) is 5.91 Å². The molecule has 0 aliphatic rings. The fourth-order valence-corrected chi connectivity index (χ4v) is 3.47. The number of hydrogen-bond acceptors (Lipinski definition) is 5. The lowest BCUT2D eigenvalue weighted by molar-refractivity contribution is -0.121. The number of aryl methyl sites for hydroxylation is 2. The molecular weight excluding hydrogens is 356 g/mol. The summed E-state index contributed by atoms with van der Waals surface area (Å²) in [6.07, 6.45) is 3.92. The summed E-state index contributed by atoms with van der Waals surface area (Å²) in [5.74, 6) is 0.760. The molecule has 0 spiro atoms. The molecule has 0 radical (unpaired) electrons. The predicted molar refractivity (Wildman–Crippen MR) is 110 cm³/mol. The molecule has 0 fully saturated rings. The third-order valence-electron chi connectivity index (χ3n) is 4.16. The summed E-state index contributed by atoms with van der Waals surface area (Å²) in [6.45, 7) is 4.06. The molecule has 2 aromatic heterocycles. The second-order valence-electron chi connectivity index (χ2n) is 6.66. The van der Waals surface area contributed by atoms with E-state index in [4.69, 9.17) is 0 Å². The number of aromatic nitrogens is 2. The van der Waals surface area contributed by atoms with E-state index >= 15 is 0 Å². The summed E-state index contributed by atoms with van der Waals surface area (Å²) in [5.41, 5.74) is 3.19. The summed E-state index contributed by atoms with van der Waals surface area (Å²) in [5, 5.41) is 8.89. The Morgan fingerprint density at radius 1 is 1.22 bits per heavy atom. The maximum absolute atomic E-state index is 12.3. The summed E-state index contributed by atoms with van der Waals surface area (Å²) >= 11 is 1.48. The van der Waals surface area contributed by atoms with Crippen LogP contribution >= 0.6 is 11.3 Å². The van der Waals surface area contributed by atoms with Gasteiger partial charge in [0.15, 0.2) is 5.13 Å². The van der Waals surface area contributed by atoms with Crippen molar-refractivity contribution in [1.82, 2.24) is 15.3 Å². The molecule has 0 saturated carbocycles. The first-order valence-electron chi connectivity index (χ1n) is 9.06. The van der Waals surface area contributed by atoms with Gasteiger partial charge in [0.25, 0.3) is 0 Å². The first-order valence-corrected chi connectivity index (χ1v) is 9.94. The molecule has 2 heterocycles. The van der Waals surface area contributed by atoms with Gasteiger partial charge in [-0.25, -0.2) is 9.97 Å². The van der Waals surface area contributed by atoms with Gasteiger partial charge in [-0.05, 0) is 49.9 Å². The molecule has 140 valence electrons. The van der Waals surface area contributed by atoms with Crippen molar-refractivity contribution in [1.29, 1.82) is 0 Å². The fourth-order valence-electron chi connectivity index (χ4n) is 2.75. The van der Waals surface area contributed by atoms with E-state index in [1.165, 1.54) is 16.9 Å². The van der Waals surface area contributed by atoms with Crippen molar-refractivity contribution in [3.05, 3.63) is 70.9 Å². The van der Waals surface area contributed by atoms with Crippen molar-refractivity contribution < 1.29 is 4.79 Å². The minimum absolute atomic E-state index is 0.00101. The van der Waals surface area contributed by atoms with Gasteiger partial charge in [0, 0.05) is 17.6 Å². The van der Waals surface area contributed by atoms with Crippen molar-refractivity contribution in [3.8, 4) is 0 Å². The molecule has 2 N–H and O–H groups in total. The molecule has 1 aromatic carbocycles. The lowest BCUT2D eigenvalue weighted by Crippen LogP contribution is -2.34. The van der Waals surface area contributed by atoms with Crippen LogP contribution in [0.1, 0.15) is 30.2 Å². The fraction of sp³-hybridized carbons (Fsp3) is 0.286. The summed E-state index contributed by atoms with van der Waals surface area (Å²) in [6, 6.07) is 14.4. The van der Waals surface area contributed by atoms with Gasteiger partial charge >= 0.3 is 0 Å². The lowest BCUT2D eigenvalue weighted by atomic mass is 10.1. The third kappa shape index (κ3) is 6.18. The van der Waals surface area contributed by atoms with Gasteiger partial charge in [0.05, 0.1) is 12.1 Å². The summed E-state index contributed by atoms with van der Waals surface area (Å²) in [7, 11) is 0. The Kier molecular flexibility index (Phi) is 6.54. The number of nitrogens with one attached hydrogen (secondary N) is 2. The zero-order valence-electron chi connectivity index (χ0n) is 15.6. The standard InChI is InChI=1S/C21H24N4OS/c1-15-10-11-22-19(12-15)25-21-24-18(14-27-21)13-20(26)23-16(2)8-9-17-6-4-3-5-7-17/h3-7,10-12,14,16H,8-9,13H2,1-2H3,(H,23,26)(H,22,24,25). The number of hydrogen-bond donors (Lipinski definition) is 2. The topological polar surface area (TPSA) is 66.9 Å². The smallest absolute Gasteiger partial charge is 0.226 e. The lowest BCUT2D eigenvalue weighted by Gasteiger charge is -2.13. The number of amides is 1. The molecule has 3 rings (SSSR count). The summed E-state index contributed by atoms with van der Waals surface area (Å²) < 4.78 is 0. The quantitative estimate of drug-likeness (QED) is 0.612. The number of thiazole rings is 1.